The van der Waals surface area contributed by atoms with E-state index in [9.17, 15) is 9.90 Å². The van der Waals surface area contributed by atoms with Gasteiger partial charge in [0.15, 0.2) is 0 Å². The number of aromatic hydroxyl groups is 1. The van der Waals surface area contributed by atoms with Crippen LogP contribution in [-0.4, -0.2) is 27.3 Å². The second-order valence-corrected chi connectivity index (χ2v) is 3.13. The van der Waals surface area contributed by atoms with Gasteiger partial charge in [0, 0.05) is 6.42 Å². The Hall–Kier alpha value is -1.63. The zero-order chi connectivity index (χ0) is 11.4. The fourth-order valence-electron chi connectivity index (χ4n) is 1.21. The van der Waals surface area contributed by atoms with Crippen LogP contribution in [0.2, 0.25) is 0 Å². The van der Waals surface area contributed by atoms with Crippen molar-refractivity contribution in [1.29, 1.82) is 0 Å². The molecule has 0 aliphatic heterocycles. The molecule has 15 heavy (non-hydrogen) atoms. The largest absolute Gasteiger partial charge is 0.508 e. The molecule has 0 bridgehead atoms. The van der Waals surface area contributed by atoms with E-state index >= 15 is 0 Å². The standard InChI is InChI=1S/C9H13N3O3/c10-12(11)7(9(14)15)5-6-3-1-2-4-8(6)13/h1-4,7,13H,5,10-11H2,(H,14,15). The number of carboxylic acid groups (broad SMARTS) is 1. The number of hydrogen-bond donors (Lipinski definition) is 4. The van der Waals surface area contributed by atoms with Gasteiger partial charge in [-0.25, -0.2) is 0 Å². The summed E-state index contributed by atoms with van der Waals surface area (Å²) in [6.07, 6.45) is 0.0506. The summed E-state index contributed by atoms with van der Waals surface area (Å²) >= 11 is 0. The third-order valence-corrected chi connectivity index (χ3v) is 2.05. The predicted molar refractivity (Wildman–Crippen MR) is 53.4 cm³/mol. The quantitative estimate of drug-likeness (QED) is 0.392. The summed E-state index contributed by atoms with van der Waals surface area (Å²) < 4.78 is 0. The number of phenolic OH excluding ortho intramolecular Hbond substituents is 1. The van der Waals surface area contributed by atoms with Crippen molar-refractivity contribution in [3.8, 4) is 5.75 Å². The zero-order valence-corrected chi connectivity index (χ0v) is 8.00. The lowest BCUT2D eigenvalue weighted by molar-refractivity contribution is -0.143. The Balaban J connectivity index is 2.84. The van der Waals surface area contributed by atoms with Crippen molar-refractivity contribution >= 4 is 5.97 Å². The molecular weight excluding hydrogens is 198 g/mol. The first-order valence-electron chi connectivity index (χ1n) is 4.30. The van der Waals surface area contributed by atoms with E-state index in [1.165, 1.54) is 6.07 Å². The number of benzene rings is 1. The van der Waals surface area contributed by atoms with Crippen LogP contribution >= 0.6 is 0 Å². The van der Waals surface area contributed by atoms with E-state index in [0.29, 0.717) is 10.7 Å². The molecule has 0 spiro atoms. The zero-order valence-electron chi connectivity index (χ0n) is 8.00. The molecule has 82 valence electrons. The number of rotatable bonds is 4. The van der Waals surface area contributed by atoms with E-state index in [-0.39, 0.29) is 12.2 Å². The van der Waals surface area contributed by atoms with Crippen LogP contribution in [0.1, 0.15) is 5.56 Å². The van der Waals surface area contributed by atoms with Crippen molar-refractivity contribution in [2.75, 3.05) is 0 Å². The molecule has 0 aliphatic rings. The number of aliphatic carboxylic acids is 1. The van der Waals surface area contributed by atoms with Crippen LogP contribution < -0.4 is 11.7 Å². The van der Waals surface area contributed by atoms with Crippen molar-refractivity contribution in [1.82, 2.24) is 5.12 Å². The highest BCUT2D eigenvalue weighted by Gasteiger charge is 2.22. The van der Waals surface area contributed by atoms with Gasteiger partial charge in [-0.2, -0.15) is 5.12 Å². The topological polar surface area (TPSA) is 113 Å². The number of hydrazine groups is 2. The molecule has 0 amide bonds. The van der Waals surface area contributed by atoms with Gasteiger partial charge in [-0.05, 0) is 11.6 Å². The van der Waals surface area contributed by atoms with Gasteiger partial charge in [-0.3, -0.25) is 16.5 Å². The van der Waals surface area contributed by atoms with Crippen LogP contribution in [0.5, 0.6) is 5.75 Å². The van der Waals surface area contributed by atoms with E-state index in [1.807, 2.05) is 0 Å². The Morgan fingerprint density at radius 3 is 2.47 bits per heavy atom. The Kier molecular flexibility index (Phi) is 3.62. The molecule has 0 heterocycles. The minimum Gasteiger partial charge on any atom is -0.508 e. The van der Waals surface area contributed by atoms with Gasteiger partial charge >= 0.3 is 5.97 Å². The maximum absolute atomic E-state index is 10.8. The highest BCUT2D eigenvalue weighted by molar-refractivity contribution is 5.73. The van der Waals surface area contributed by atoms with Gasteiger partial charge in [0.25, 0.3) is 0 Å². The number of para-hydroxylation sites is 1. The Labute approximate surface area is 86.7 Å². The van der Waals surface area contributed by atoms with Crippen LogP contribution in [0.25, 0.3) is 0 Å². The molecule has 6 heteroatoms. The molecule has 1 aromatic rings. The summed E-state index contributed by atoms with van der Waals surface area (Å²) in [5, 5.41) is 18.9. The first-order chi connectivity index (χ1) is 7.02. The molecule has 0 saturated carbocycles. The molecule has 1 aromatic carbocycles. The normalized spacial score (nSPS) is 12.7. The molecule has 1 unspecified atom stereocenters. The SMILES string of the molecule is NN(N)C(Cc1ccccc1O)C(=O)O. The van der Waals surface area contributed by atoms with E-state index in [4.69, 9.17) is 16.8 Å². The molecule has 0 aromatic heterocycles. The number of nitrogens with two attached hydrogens (primary N) is 2. The minimum atomic E-state index is -1.14. The first-order valence-corrected chi connectivity index (χ1v) is 4.30. The number of nitrogens with zero attached hydrogens (tertiary/aromatic N) is 1. The molecule has 0 radical (unpaired) electrons. The second-order valence-electron chi connectivity index (χ2n) is 3.13. The van der Waals surface area contributed by atoms with Crippen LogP contribution in [0.4, 0.5) is 0 Å². The van der Waals surface area contributed by atoms with Crippen molar-refractivity contribution in [2.45, 2.75) is 12.5 Å². The molecule has 1 atom stereocenters. The van der Waals surface area contributed by atoms with Crippen LogP contribution in [0.15, 0.2) is 24.3 Å². The van der Waals surface area contributed by atoms with Gasteiger partial charge in [0.1, 0.15) is 11.8 Å². The van der Waals surface area contributed by atoms with Crippen molar-refractivity contribution in [3.63, 3.8) is 0 Å². The summed E-state index contributed by atoms with van der Waals surface area (Å²) in [6, 6.07) is 5.39. The Morgan fingerprint density at radius 2 is 2.00 bits per heavy atom. The van der Waals surface area contributed by atoms with Gasteiger partial charge in [0.05, 0.1) is 0 Å². The Morgan fingerprint density at radius 1 is 1.40 bits per heavy atom. The predicted octanol–water partition coefficient (Wildman–Crippen LogP) is -0.563. The summed E-state index contributed by atoms with van der Waals surface area (Å²) in [5.74, 6) is 9.27. The maximum atomic E-state index is 10.8. The molecule has 1 rings (SSSR count). The molecular formula is C9H13N3O3. The lowest BCUT2D eigenvalue weighted by Crippen LogP contribution is -2.51. The number of carbonyl (C=O) groups is 1. The lowest BCUT2D eigenvalue weighted by atomic mass is 10.1. The average molecular weight is 211 g/mol. The second kappa shape index (κ2) is 4.74. The van der Waals surface area contributed by atoms with E-state index in [2.05, 4.69) is 0 Å². The van der Waals surface area contributed by atoms with E-state index in [1.54, 1.807) is 18.2 Å². The molecule has 6 N–H and O–H groups in total. The van der Waals surface area contributed by atoms with Crippen molar-refractivity contribution in [2.24, 2.45) is 11.7 Å². The molecule has 0 aliphatic carbocycles. The van der Waals surface area contributed by atoms with Crippen LogP contribution in [-0.2, 0) is 11.2 Å². The highest BCUT2D eigenvalue weighted by Crippen LogP contribution is 2.18. The Bertz CT molecular complexity index is 354. The van der Waals surface area contributed by atoms with Crippen molar-refractivity contribution < 1.29 is 15.0 Å². The minimum absolute atomic E-state index is 0.0330. The maximum Gasteiger partial charge on any atom is 0.324 e. The highest BCUT2D eigenvalue weighted by atomic mass is 16.4. The summed E-state index contributed by atoms with van der Waals surface area (Å²) in [4.78, 5) is 10.8. The summed E-state index contributed by atoms with van der Waals surface area (Å²) in [6.45, 7) is 0. The van der Waals surface area contributed by atoms with Crippen LogP contribution in [0.3, 0.4) is 0 Å². The van der Waals surface area contributed by atoms with Gasteiger partial charge in [-0.15, -0.1) is 0 Å². The monoisotopic (exact) mass is 211 g/mol. The van der Waals surface area contributed by atoms with Gasteiger partial charge in [0.2, 0.25) is 0 Å². The van der Waals surface area contributed by atoms with Crippen LogP contribution in [0, 0.1) is 0 Å². The fourth-order valence-corrected chi connectivity index (χ4v) is 1.21. The number of phenols is 1. The smallest absolute Gasteiger partial charge is 0.324 e. The van der Waals surface area contributed by atoms with E-state index in [0.717, 1.165) is 0 Å². The molecule has 6 nitrogen and oxygen atoms in total. The molecule has 0 saturated heterocycles. The summed E-state index contributed by atoms with van der Waals surface area (Å²) in [5.41, 5.74) is 0.491. The summed E-state index contributed by atoms with van der Waals surface area (Å²) in [7, 11) is 0. The third-order valence-electron chi connectivity index (χ3n) is 2.05. The average Bonchev–Trinajstić information content (AvgIpc) is 2.15. The van der Waals surface area contributed by atoms with Gasteiger partial charge in [-0.1, -0.05) is 18.2 Å². The molecule has 0 fully saturated rings. The van der Waals surface area contributed by atoms with E-state index < -0.39 is 12.0 Å². The number of hydrogen-bond acceptors (Lipinski definition) is 5. The lowest BCUT2D eigenvalue weighted by Gasteiger charge is -2.19. The van der Waals surface area contributed by atoms with Crippen molar-refractivity contribution in [3.05, 3.63) is 29.8 Å². The number of carboxylic acids is 1. The fraction of sp³-hybridized carbons (Fsp3) is 0.222. The first kappa shape index (κ1) is 11.4. The van der Waals surface area contributed by atoms with Gasteiger partial charge < -0.3 is 10.2 Å². The third kappa shape index (κ3) is 2.91.